The molecule has 37 heavy (non-hydrogen) atoms. The monoisotopic (exact) mass is 543 g/mol. The Balaban J connectivity index is 1.47. The van der Waals surface area contributed by atoms with Gasteiger partial charge in [-0.25, -0.2) is 9.59 Å². The van der Waals surface area contributed by atoms with E-state index in [0.29, 0.717) is 22.9 Å². The van der Waals surface area contributed by atoms with Crippen LogP contribution in [0.5, 0.6) is 5.75 Å². The number of carbonyl (C=O) groups is 2. The Hall–Kier alpha value is -2.79. The van der Waals surface area contributed by atoms with Gasteiger partial charge in [-0.1, -0.05) is 56.2 Å². The van der Waals surface area contributed by atoms with Crippen molar-refractivity contribution >= 4 is 56.7 Å². The van der Waals surface area contributed by atoms with Gasteiger partial charge in [-0.05, 0) is 23.6 Å². The number of anilines is 2. The number of rotatable bonds is 7. The molecule has 8 nitrogen and oxygen atoms in total. The molecule has 2 amide bonds. The molecule has 4 rings (SSSR count). The summed E-state index contributed by atoms with van der Waals surface area (Å²) in [5.41, 5.74) is 0.873. The molecule has 10 heteroatoms. The van der Waals surface area contributed by atoms with E-state index in [1.807, 2.05) is 63.2 Å². The Morgan fingerprint density at radius 1 is 1.05 bits per heavy atom. The first-order chi connectivity index (χ1) is 17.7. The van der Waals surface area contributed by atoms with E-state index < -0.39 is 23.2 Å². The summed E-state index contributed by atoms with van der Waals surface area (Å²) in [6, 6.07) is 12.8. The van der Waals surface area contributed by atoms with E-state index >= 15 is 0 Å². The third-order valence-electron chi connectivity index (χ3n) is 6.16. The van der Waals surface area contributed by atoms with Crippen LogP contribution in [0.2, 0.25) is 0 Å². The summed E-state index contributed by atoms with van der Waals surface area (Å²) in [5.74, 6) is 1.69. The molecule has 1 aliphatic rings. The summed E-state index contributed by atoms with van der Waals surface area (Å²) >= 11 is 0.624. The largest absolute Gasteiger partial charge is 0.616 e. The number of methoxy groups -OCH3 is 1. The highest BCUT2D eigenvalue weighted by atomic mass is 32.2. The number of urea groups is 1. The number of hydrogen-bond donors (Lipinski definition) is 2. The lowest BCUT2D eigenvalue weighted by Crippen LogP contribution is -2.42. The van der Waals surface area contributed by atoms with Crippen LogP contribution >= 0.6 is 11.3 Å². The molecule has 0 saturated carbocycles. The average molecular weight is 544 g/mol. The first-order valence-electron chi connectivity index (χ1n) is 12.2. The maximum absolute atomic E-state index is 13.0. The molecule has 2 heterocycles. The van der Waals surface area contributed by atoms with Crippen molar-refractivity contribution in [3.05, 3.63) is 52.2 Å². The lowest BCUT2D eigenvalue weighted by atomic mass is 9.94. The summed E-state index contributed by atoms with van der Waals surface area (Å²) in [5, 5.41) is 7.47. The van der Waals surface area contributed by atoms with E-state index in [9.17, 15) is 14.1 Å². The quantitative estimate of drug-likeness (QED) is 0.319. The minimum atomic E-state index is -0.694. The van der Waals surface area contributed by atoms with Gasteiger partial charge >= 0.3 is 12.0 Å². The van der Waals surface area contributed by atoms with Crippen molar-refractivity contribution in [2.75, 3.05) is 55.5 Å². The molecule has 3 aromatic rings. The van der Waals surface area contributed by atoms with Gasteiger partial charge in [0.2, 0.25) is 0 Å². The van der Waals surface area contributed by atoms with Crippen LogP contribution in [0.4, 0.5) is 16.2 Å². The van der Waals surface area contributed by atoms with Crippen molar-refractivity contribution in [2.24, 2.45) is 0 Å². The Morgan fingerprint density at radius 3 is 2.41 bits per heavy atom. The van der Waals surface area contributed by atoms with E-state index in [2.05, 4.69) is 15.5 Å². The first kappa shape index (κ1) is 27.3. The maximum Gasteiger partial charge on any atom is 0.350 e. The molecule has 1 fully saturated rings. The lowest BCUT2D eigenvalue weighted by Gasteiger charge is -2.27. The highest BCUT2D eigenvalue weighted by Crippen LogP contribution is 2.36. The van der Waals surface area contributed by atoms with Crippen LogP contribution in [-0.2, 0) is 21.3 Å². The number of hydrogen-bond acceptors (Lipinski definition) is 7. The van der Waals surface area contributed by atoms with Gasteiger partial charge in [0.25, 0.3) is 0 Å². The number of nitrogens with one attached hydrogen (secondary N) is 2. The zero-order chi connectivity index (χ0) is 26.6. The minimum Gasteiger partial charge on any atom is -0.616 e. The minimum absolute atomic E-state index is 0.178. The van der Waals surface area contributed by atoms with Gasteiger partial charge in [-0.2, -0.15) is 0 Å². The standard InChI is InChI=1S/C27H33N3O5S2/c1-27(2,3)23-17-21(24(36-23)25(31)34-4)29-26(32)28-20-9-10-22(19-8-6-5-7-18(19)20)35-14-11-30-12-15-37(33)16-13-30/h5-10,17H,11-16H2,1-4H3,(H2,28,29,32). The van der Waals surface area contributed by atoms with Gasteiger partial charge in [0.1, 0.15) is 28.7 Å². The fourth-order valence-electron chi connectivity index (χ4n) is 4.06. The smallest absolute Gasteiger partial charge is 0.350 e. The molecule has 0 spiro atoms. The summed E-state index contributed by atoms with van der Waals surface area (Å²) in [6.07, 6.45) is 0. The van der Waals surface area contributed by atoms with E-state index in [1.165, 1.54) is 18.4 Å². The number of esters is 1. The number of ether oxygens (including phenoxy) is 2. The number of thiophene rings is 1. The summed E-state index contributed by atoms with van der Waals surface area (Å²) in [6.45, 7) is 9.10. The Kier molecular flexibility index (Phi) is 8.63. The SMILES string of the molecule is COC(=O)c1sc(C(C)(C)C)cc1NC(=O)Nc1ccc(OCCN2CC[S+]([O-])CC2)c2ccccc12. The number of benzene rings is 2. The number of fused-ring (bicyclic) bond motifs is 1. The molecule has 0 atom stereocenters. The molecule has 198 valence electrons. The van der Waals surface area contributed by atoms with E-state index in [4.69, 9.17) is 9.47 Å². The van der Waals surface area contributed by atoms with Crippen molar-refractivity contribution in [1.82, 2.24) is 4.90 Å². The average Bonchev–Trinajstić information content (AvgIpc) is 3.30. The molecule has 1 aliphatic heterocycles. The van der Waals surface area contributed by atoms with Gasteiger partial charge in [0.05, 0.1) is 18.5 Å². The van der Waals surface area contributed by atoms with Crippen LogP contribution in [-0.4, -0.2) is 66.3 Å². The molecular weight excluding hydrogens is 510 g/mol. The normalized spacial score (nSPS) is 14.9. The second-order valence-electron chi connectivity index (χ2n) is 9.87. The Bertz CT molecular complexity index is 1260. The van der Waals surface area contributed by atoms with Crippen molar-refractivity contribution in [3.63, 3.8) is 0 Å². The van der Waals surface area contributed by atoms with Gasteiger partial charge in [-0.15, -0.1) is 11.3 Å². The molecule has 2 N–H and O–H groups in total. The van der Waals surface area contributed by atoms with Gasteiger partial charge in [0.15, 0.2) is 0 Å². The Labute approximate surface area is 224 Å². The molecule has 1 saturated heterocycles. The first-order valence-corrected chi connectivity index (χ1v) is 14.5. The van der Waals surface area contributed by atoms with Gasteiger partial charge < -0.3 is 24.7 Å². The zero-order valence-electron chi connectivity index (χ0n) is 21.6. The van der Waals surface area contributed by atoms with Crippen molar-refractivity contribution < 1.29 is 23.6 Å². The molecule has 2 aromatic carbocycles. The van der Waals surface area contributed by atoms with E-state index in [1.54, 1.807) is 0 Å². The number of nitrogens with zero attached hydrogens (tertiary/aromatic N) is 1. The topological polar surface area (TPSA) is 103 Å². The van der Waals surface area contributed by atoms with Crippen LogP contribution in [0, 0.1) is 0 Å². The van der Waals surface area contributed by atoms with E-state index in [0.717, 1.165) is 52.5 Å². The van der Waals surface area contributed by atoms with Crippen LogP contribution in [0.25, 0.3) is 10.8 Å². The highest BCUT2D eigenvalue weighted by molar-refractivity contribution is 7.91. The van der Waals surface area contributed by atoms with Gasteiger partial charge in [-0.3, -0.25) is 4.90 Å². The van der Waals surface area contributed by atoms with Crippen LogP contribution in [0.15, 0.2) is 42.5 Å². The summed E-state index contributed by atoms with van der Waals surface area (Å²) in [4.78, 5) is 28.9. The van der Waals surface area contributed by atoms with Crippen LogP contribution < -0.4 is 15.4 Å². The Morgan fingerprint density at radius 2 is 1.73 bits per heavy atom. The molecular formula is C27H33N3O5S2. The highest BCUT2D eigenvalue weighted by Gasteiger charge is 2.25. The summed E-state index contributed by atoms with van der Waals surface area (Å²) in [7, 11) is 1.33. The maximum atomic E-state index is 13.0. The van der Waals surface area contributed by atoms with Gasteiger partial charge in [0, 0.05) is 35.3 Å². The van der Waals surface area contributed by atoms with Crippen molar-refractivity contribution in [2.45, 2.75) is 26.2 Å². The second-order valence-corrected chi connectivity index (χ2v) is 12.6. The van der Waals surface area contributed by atoms with Crippen LogP contribution in [0.3, 0.4) is 0 Å². The zero-order valence-corrected chi connectivity index (χ0v) is 23.2. The number of carbonyl (C=O) groups excluding carboxylic acids is 2. The van der Waals surface area contributed by atoms with Crippen LogP contribution in [0.1, 0.15) is 35.3 Å². The van der Waals surface area contributed by atoms with Crippen molar-refractivity contribution in [3.8, 4) is 5.75 Å². The van der Waals surface area contributed by atoms with E-state index in [-0.39, 0.29) is 5.41 Å². The lowest BCUT2D eigenvalue weighted by molar-refractivity contribution is 0.0607. The molecule has 0 radical (unpaired) electrons. The number of amides is 2. The van der Waals surface area contributed by atoms with Crippen molar-refractivity contribution in [1.29, 1.82) is 0 Å². The fraction of sp³-hybridized carbons (Fsp3) is 0.407. The molecule has 0 bridgehead atoms. The molecule has 0 unspecified atom stereocenters. The predicted molar refractivity (Wildman–Crippen MR) is 151 cm³/mol. The third-order valence-corrected chi connectivity index (χ3v) is 8.97. The second kappa shape index (κ2) is 11.7. The fourth-order valence-corrected chi connectivity index (χ4v) is 6.28. The predicted octanol–water partition coefficient (Wildman–Crippen LogP) is 5.07. The third kappa shape index (κ3) is 6.75. The molecule has 0 aliphatic carbocycles. The summed E-state index contributed by atoms with van der Waals surface area (Å²) < 4.78 is 22.6. The molecule has 1 aromatic heterocycles.